The molecule has 21 heavy (non-hydrogen) atoms. The Balaban J connectivity index is 1.80. The fourth-order valence-corrected chi connectivity index (χ4v) is 3.13. The van der Waals surface area contributed by atoms with E-state index in [-0.39, 0.29) is 5.56 Å². The van der Waals surface area contributed by atoms with E-state index < -0.39 is 5.97 Å². The summed E-state index contributed by atoms with van der Waals surface area (Å²) in [6, 6.07) is 12.5. The van der Waals surface area contributed by atoms with Crippen LogP contribution in [0.5, 0.6) is 0 Å². The van der Waals surface area contributed by atoms with Crippen molar-refractivity contribution in [2.24, 2.45) is 0 Å². The van der Waals surface area contributed by atoms with Crippen molar-refractivity contribution in [1.29, 1.82) is 0 Å². The van der Waals surface area contributed by atoms with E-state index >= 15 is 0 Å². The Morgan fingerprint density at radius 2 is 2.19 bits per heavy atom. The number of rotatable bonds is 4. The van der Waals surface area contributed by atoms with Crippen LogP contribution in [0.1, 0.15) is 20.8 Å². The summed E-state index contributed by atoms with van der Waals surface area (Å²) in [7, 11) is 0. The molecule has 0 saturated carbocycles. The van der Waals surface area contributed by atoms with Crippen LogP contribution in [0, 0.1) is 6.92 Å². The van der Waals surface area contributed by atoms with E-state index in [4.69, 9.17) is 5.11 Å². The average Bonchev–Trinajstić information content (AvgIpc) is 3.08. The lowest BCUT2D eigenvalue weighted by atomic mass is 10.1. The zero-order chi connectivity index (χ0) is 14.8. The number of carbonyl (C=O) groups is 1. The maximum atomic E-state index is 10.8. The predicted octanol–water partition coefficient (Wildman–Crippen LogP) is 3.67. The van der Waals surface area contributed by atoms with Gasteiger partial charge in [-0.15, -0.1) is 11.3 Å². The number of nitrogens with zero attached hydrogens (tertiary/aromatic N) is 2. The summed E-state index contributed by atoms with van der Waals surface area (Å²) >= 11 is 1.70. The molecule has 0 aliphatic heterocycles. The fourth-order valence-electron chi connectivity index (χ4n) is 2.14. The van der Waals surface area contributed by atoms with Gasteiger partial charge in [0.25, 0.3) is 0 Å². The van der Waals surface area contributed by atoms with Crippen LogP contribution >= 0.6 is 11.3 Å². The molecule has 5 heteroatoms. The molecule has 2 heterocycles. The van der Waals surface area contributed by atoms with Crippen molar-refractivity contribution in [2.75, 3.05) is 0 Å². The van der Waals surface area contributed by atoms with Gasteiger partial charge in [0.2, 0.25) is 0 Å². The molecule has 0 aliphatic rings. The van der Waals surface area contributed by atoms with Crippen LogP contribution < -0.4 is 0 Å². The van der Waals surface area contributed by atoms with Gasteiger partial charge in [0.15, 0.2) is 0 Å². The molecule has 0 fully saturated rings. The van der Waals surface area contributed by atoms with Gasteiger partial charge >= 0.3 is 5.97 Å². The summed E-state index contributed by atoms with van der Waals surface area (Å²) in [5.74, 6) is -0.951. The molecule has 0 saturated heterocycles. The van der Waals surface area contributed by atoms with E-state index in [1.807, 2.05) is 0 Å². The Morgan fingerprint density at radius 3 is 2.90 bits per heavy atom. The van der Waals surface area contributed by atoms with Gasteiger partial charge in [-0.25, -0.2) is 4.79 Å². The topological polar surface area (TPSA) is 55.1 Å². The molecule has 4 nitrogen and oxygen atoms in total. The normalized spacial score (nSPS) is 10.7. The Hall–Kier alpha value is -2.40. The minimum absolute atomic E-state index is 0.213. The maximum absolute atomic E-state index is 10.8. The van der Waals surface area contributed by atoms with Crippen molar-refractivity contribution in [3.63, 3.8) is 0 Å². The molecule has 0 atom stereocenters. The van der Waals surface area contributed by atoms with Crippen LogP contribution in [-0.2, 0) is 6.54 Å². The third kappa shape index (κ3) is 3.03. The minimum atomic E-state index is -0.951. The van der Waals surface area contributed by atoms with Gasteiger partial charge in [0.1, 0.15) is 0 Å². The number of carboxylic acid groups (broad SMARTS) is 1. The van der Waals surface area contributed by atoms with Gasteiger partial charge in [-0.3, -0.25) is 4.68 Å². The second-order valence-corrected chi connectivity index (χ2v) is 6.04. The molecular weight excluding hydrogens is 284 g/mol. The van der Waals surface area contributed by atoms with Crippen molar-refractivity contribution in [3.05, 3.63) is 64.8 Å². The second-order valence-electron chi connectivity index (χ2n) is 4.87. The first kappa shape index (κ1) is 13.6. The molecule has 0 spiro atoms. The maximum Gasteiger partial charge on any atom is 0.338 e. The zero-order valence-electron chi connectivity index (χ0n) is 11.5. The summed E-state index contributed by atoms with van der Waals surface area (Å²) in [4.78, 5) is 13.2. The molecule has 0 unspecified atom stereocenters. The standard InChI is InChI=1S/C16H14N2O2S/c1-11-3-2-4-12(7-11)15-6-5-14(21-15)10-18-9-13(8-17-18)16(19)20/h2-9H,10H2,1H3,(H,19,20). The number of benzene rings is 1. The molecule has 106 valence electrons. The molecule has 1 N–H and O–H groups in total. The van der Waals surface area contributed by atoms with Gasteiger partial charge in [0.05, 0.1) is 18.3 Å². The van der Waals surface area contributed by atoms with Gasteiger partial charge in [0, 0.05) is 16.0 Å². The van der Waals surface area contributed by atoms with Crippen LogP contribution in [0.15, 0.2) is 48.8 Å². The van der Waals surface area contributed by atoms with Crippen molar-refractivity contribution < 1.29 is 9.90 Å². The Bertz CT molecular complexity index is 789. The first-order chi connectivity index (χ1) is 10.1. The number of aromatic carboxylic acids is 1. The van der Waals surface area contributed by atoms with E-state index in [2.05, 4.69) is 48.4 Å². The molecule has 0 aliphatic carbocycles. The Kier molecular flexibility index (Phi) is 3.58. The predicted molar refractivity (Wildman–Crippen MR) is 82.8 cm³/mol. The first-order valence-corrected chi connectivity index (χ1v) is 7.35. The second kappa shape index (κ2) is 5.54. The van der Waals surface area contributed by atoms with Gasteiger partial charge in [-0.1, -0.05) is 29.8 Å². The van der Waals surface area contributed by atoms with E-state index in [9.17, 15) is 4.79 Å². The van der Waals surface area contributed by atoms with Crippen molar-refractivity contribution in [3.8, 4) is 10.4 Å². The number of hydrogen-bond donors (Lipinski definition) is 1. The number of aryl methyl sites for hydroxylation is 1. The number of hydrogen-bond acceptors (Lipinski definition) is 3. The largest absolute Gasteiger partial charge is 0.478 e. The van der Waals surface area contributed by atoms with Crippen LogP contribution in [0.3, 0.4) is 0 Å². The quantitative estimate of drug-likeness (QED) is 0.799. The molecule has 0 amide bonds. The molecule has 3 rings (SSSR count). The lowest BCUT2D eigenvalue weighted by Gasteiger charge is -1.99. The highest BCUT2D eigenvalue weighted by atomic mass is 32.1. The molecule has 0 radical (unpaired) electrons. The van der Waals surface area contributed by atoms with Crippen LogP contribution in [0.4, 0.5) is 0 Å². The number of thiophene rings is 1. The summed E-state index contributed by atoms with van der Waals surface area (Å²) in [6.45, 7) is 2.67. The van der Waals surface area contributed by atoms with E-state index in [1.165, 1.54) is 22.2 Å². The van der Waals surface area contributed by atoms with E-state index in [0.717, 1.165) is 4.88 Å². The Morgan fingerprint density at radius 1 is 1.33 bits per heavy atom. The van der Waals surface area contributed by atoms with E-state index in [1.54, 1.807) is 22.2 Å². The lowest BCUT2D eigenvalue weighted by Crippen LogP contribution is -1.98. The van der Waals surface area contributed by atoms with Crippen molar-refractivity contribution in [1.82, 2.24) is 9.78 Å². The smallest absolute Gasteiger partial charge is 0.338 e. The Labute approximate surface area is 126 Å². The average molecular weight is 298 g/mol. The fraction of sp³-hybridized carbons (Fsp3) is 0.125. The van der Waals surface area contributed by atoms with Crippen LogP contribution in [0.2, 0.25) is 0 Å². The van der Waals surface area contributed by atoms with Crippen molar-refractivity contribution >= 4 is 17.3 Å². The summed E-state index contributed by atoms with van der Waals surface area (Å²) in [6.07, 6.45) is 2.92. The van der Waals surface area contributed by atoms with Gasteiger partial charge in [-0.2, -0.15) is 5.10 Å². The third-order valence-electron chi connectivity index (χ3n) is 3.16. The van der Waals surface area contributed by atoms with Crippen molar-refractivity contribution in [2.45, 2.75) is 13.5 Å². The zero-order valence-corrected chi connectivity index (χ0v) is 12.3. The summed E-state index contributed by atoms with van der Waals surface area (Å²) in [5, 5.41) is 13.0. The first-order valence-electron chi connectivity index (χ1n) is 6.53. The highest BCUT2D eigenvalue weighted by Gasteiger charge is 2.08. The third-order valence-corrected chi connectivity index (χ3v) is 4.28. The molecule has 3 aromatic rings. The van der Waals surface area contributed by atoms with Gasteiger partial charge in [-0.05, 0) is 24.6 Å². The van der Waals surface area contributed by atoms with Crippen LogP contribution in [-0.4, -0.2) is 20.9 Å². The SMILES string of the molecule is Cc1cccc(-c2ccc(Cn3cc(C(=O)O)cn3)s2)c1. The number of aromatic nitrogens is 2. The highest BCUT2D eigenvalue weighted by molar-refractivity contribution is 7.15. The number of carboxylic acids is 1. The summed E-state index contributed by atoms with van der Waals surface area (Å²) in [5.41, 5.74) is 2.66. The molecule has 0 bridgehead atoms. The van der Waals surface area contributed by atoms with Gasteiger partial charge < -0.3 is 5.11 Å². The molecule has 1 aromatic carbocycles. The monoisotopic (exact) mass is 298 g/mol. The highest BCUT2D eigenvalue weighted by Crippen LogP contribution is 2.29. The molecular formula is C16H14N2O2S. The summed E-state index contributed by atoms with van der Waals surface area (Å²) < 4.78 is 1.65. The molecule has 2 aromatic heterocycles. The van der Waals surface area contributed by atoms with Crippen LogP contribution in [0.25, 0.3) is 10.4 Å². The minimum Gasteiger partial charge on any atom is -0.478 e. The van der Waals surface area contributed by atoms with E-state index in [0.29, 0.717) is 6.54 Å². The lowest BCUT2D eigenvalue weighted by molar-refractivity contribution is 0.0697.